The molecule has 0 spiro atoms. The number of nitrogens with zero attached hydrogens (tertiary/aromatic N) is 1. The molecule has 4 aromatic rings. The molecule has 0 bridgehead atoms. The molecule has 1 nitrogen and oxygen atoms in total. The zero-order valence-electron chi connectivity index (χ0n) is 28.6. The normalized spacial score (nSPS) is 16.9. The van der Waals surface area contributed by atoms with E-state index in [1.165, 1.54) is 70.9 Å². The summed E-state index contributed by atoms with van der Waals surface area (Å²) in [7, 11) is 0. The lowest BCUT2D eigenvalue weighted by Gasteiger charge is -2.28. The van der Waals surface area contributed by atoms with E-state index in [4.69, 9.17) is 0 Å². The maximum Gasteiger partial charge on any atom is 0.0427 e. The number of aryl methyl sites for hydroxylation is 1. The topological polar surface area (TPSA) is 3.24 Å². The Morgan fingerprint density at radius 3 is 2.50 bits per heavy atom. The van der Waals surface area contributed by atoms with Crippen molar-refractivity contribution in [1.29, 1.82) is 0 Å². The van der Waals surface area contributed by atoms with E-state index in [9.17, 15) is 0 Å². The van der Waals surface area contributed by atoms with Gasteiger partial charge in [-0.3, -0.25) is 0 Å². The third-order valence-electron chi connectivity index (χ3n) is 10.0. The average Bonchev–Trinajstić information content (AvgIpc) is 3.65. The van der Waals surface area contributed by atoms with E-state index in [0.717, 1.165) is 19.4 Å². The van der Waals surface area contributed by atoms with Gasteiger partial charge >= 0.3 is 0 Å². The monoisotopic (exact) mass is 621 g/mol. The van der Waals surface area contributed by atoms with Gasteiger partial charge in [0.15, 0.2) is 0 Å². The van der Waals surface area contributed by atoms with Crippen LogP contribution in [0.15, 0.2) is 115 Å². The van der Waals surface area contributed by atoms with Crippen LogP contribution >= 0.6 is 11.3 Å². The van der Waals surface area contributed by atoms with Gasteiger partial charge in [-0.2, -0.15) is 0 Å². The molecule has 0 saturated heterocycles. The number of hydrogen-bond donors (Lipinski definition) is 0. The van der Waals surface area contributed by atoms with Crippen molar-refractivity contribution in [2.24, 2.45) is 0 Å². The molecule has 7 rings (SSSR count). The number of thiophene rings is 1. The fraction of sp³-hybridized carbons (Fsp3) is 0.273. The SMILES string of the molecule is C=C/C=C\C=C(/C)N(C/C=C\C1=Cc2c(ccc3c4c(sc23)C=CCC4)C1(C)C)c1ccc2c(c1)C(C)(C)c1ccccc1-2.CC. The number of fused-ring (bicyclic) bond motifs is 8. The molecule has 0 atom stereocenters. The van der Waals surface area contributed by atoms with Crippen molar-refractivity contribution < 1.29 is 0 Å². The second kappa shape index (κ2) is 12.6. The van der Waals surface area contributed by atoms with E-state index in [1.54, 1.807) is 0 Å². The molecule has 0 saturated carbocycles. The van der Waals surface area contributed by atoms with Crippen molar-refractivity contribution in [2.75, 3.05) is 11.4 Å². The molecule has 46 heavy (non-hydrogen) atoms. The zero-order valence-corrected chi connectivity index (χ0v) is 29.4. The van der Waals surface area contributed by atoms with Crippen molar-refractivity contribution in [2.45, 2.75) is 72.1 Å². The highest BCUT2D eigenvalue weighted by Gasteiger charge is 2.36. The Balaban J connectivity index is 0.00000182. The van der Waals surface area contributed by atoms with E-state index < -0.39 is 0 Å². The summed E-state index contributed by atoms with van der Waals surface area (Å²) in [6.07, 6.45) is 22.2. The summed E-state index contributed by atoms with van der Waals surface area (Å²) in [4.78, 5) is 3.87. The van der Waals surface area contributed by atoms with Gasteiger partial charge in [0.05, 0.1) is 0 Å². The number of benzene rings is 3. The number of rotatable bonds is 7. The van der Waals surface area contributed by atoms with Crippen molar-refractivity contribution in [3.05, 3.63) is 148 Å². The standard InChI is InChI=1S/C42H41NS.C2H6/c1-7-8-9-15-28(2)43(30-21-22-32-31-17-10-12-19-36(31)42(5,6)38(32)27-30)25-14-16-29-26-35-37(41(29,3)4)24-23-34-33-18-11-13-20-39(33)44-40(34)35;1-2/h7-10,12-17,19-24,26-27H,1,11,18,25H2,2-6H3;1-2H3/b9-8-,16-14-,28-15+;. The van der Waals surface area contributed by atoms with E-state index in [-0.39, 0.29) is 10.8 Å². The first-order valence-corrected chi connectivity index (χ1v) is 17.7. The Labute approximate surface area is 280 Å². The molecule has 0 fully saturated rings. The lowest BCUT2D eigenvalue weighted by atomic mass is 9.81. The molecule has 0 radical (unpaired) electrons. The first-order chi connectivity index (χ1) is 22.2. The van der Waals surface area contributed by atoms with E-state index in [1.807, 2.05) is 37.3 Å². The van der Waals surface area contributed by atoms with E-state index >= 15 is 0 Å². The molecular weight excluding hydrogens is 575 g/mol. The zero-order chi connectivity index (χ0) is 32.6. The Kier molecular flexibility index (Phi) is 8.70. The smallest absolute Gasteiger partial charge is 0.0427 e. The molecule has 1 heterocycles. The molecule has 234 valence electrons. The predicted molar refractivity (Wildman–Crippen MR) is 205 cm³/mol. The summed E-state index contributed by atoms with van der Waals surface area (Å²) in [5, 5.41) is 1.45. The summed E-state index contributed by atoms with van der Waals surface area (Å²) >= 11 is 1.97. The summed E-state index contributed by atoms with van der Waals surface area (Å²) in [5.41, 5.74) is 13.6. The van der Waals surface area contributed by atoms with Gasteiger partial charge in [0.25, 0.3) is 0 Å². The second-order valence-corrected chi connectivity index (χ2v) is 14.4. The van der Waals surface area contributed by atoms with Crippen LogP contribution in [0.4, 0.5) is 5.69 Å². The Bertz CT molecular complexity index is 1970. The minimum Gasteiger partial charge on any atom is -0.342 e. The minimum absolute atomic E-state index is 0.0313. The first kappa shape index (κ1) is 31.8. The number of anilines is 1. The van der Waals surface area contributed by atoms with Gasteiger partial charge in [0.2, 0.25) is 0 Å². The van der Waals surface area contributed by atoms with E-state index in [2.05, 4.69) is 143 Å². The molecule has 0 unspecified atom stereocenters. The third kappa shape index (κ3) is 5.27. The molecule has 3 aliphatic rings. The molecule has 2 heteroatoms. The summed E-state index contributed by atoms with van der Waals surface area (Å²) in [6, 6.07) is 20.7. The van der Waals surface area contributed by atoms with Crippen LogP contribution in [-0.4, -0.2) is 6.54 Å². The second-order valence-electron chi connectivity index (χ2n) is 13.4. The van der Waals surface area contributed by atoms with Gasteiger partial charge in [0, 0.05) is 38.3 Å². The summed E-state index contributed by atoms with van der Waals surface area (Å²) in [6.45, 7) is 20.3. The Morgan fingerprint density at radius 1 is 0.913 bits per heavy atom. The van der Waals surface area contributed by atoms with Gasteiger partial charge in [-0.05, 0) is 100 Å². The first-order valence-electron chi connectivity index (χ1n) is 16.8. The van der Waals surface area contributed by atoms with Crippen LogP contribution in [0.1, 0.15) is 87.6 Å². The van der Waals surface area contributed by atoms with Crippen LogP contribution in [0.25, 0.3) is 33.4 Å². The van der Waals surface area contributed by atoms with Crippen molar-refractivity contribution >= 4 is 39.3 Å². The Hall–Kier alpha value is -4.14. The maximum atomic E-state index is 3.85. The van der Waals surface area contributed by atoms with Crippen LogP contribution in [0.5, 0.6) is 0 Å². The molecule has 0 N–H and O–H groups in total. The summed E-state index contributed by atoms with van der Waals surface area (Å²) in [5.74, 6) is 0. The van der Waals surface area contributed by atoms with Crippen molar-refractivity contribution in [1.82, 2.24) is 0 Å². The molecule has 3 aromatic carbocycles. The minimum atomic E-state index is -0.0356. The summed E-state index contributed by atoms with van der Waals surface area (Å²) < 4.78 is 1.45. The average molecular weight is 622 g/mol. The van der Waals surface area contributed by atoms with Gasteiger partial charge in [-0.25, -0.2) is 0 Å². The highest BCUT2D eigenvalue weighted by molar-refractivity contribution is 7.20. The number of hydrogen-bond acceptors (Lipinski definition) is 2. The van der Waals surface area contributed by atoms with Gasteiger partial charge < -0.3 is 4.90 Å². The van der Waals surface area contributed by atoms with Gasteiger partial charge in [-0.15, -0.1) is 11.3 Å². The largest absolute Gasteiger partial charge is 0.342 e. The van der Waals surface area contributed by atoms with E-state index in [0.29, 0.717) is 0 Å². The quantitative estimate of drug-likeness (QED) is 0.186. The third-order valence-corrected chi connectivity index (χ3v) is 11.3. The number of allylic oxidation sites excluding steroid dienone is 8. The molecule has 0 aliphatic heterocycles. The molecule has 3 aliphatic carbocycles. The van der Waals surface area contributed by atoms with Crippen molar-refractivity contribution in [3.63, 3.8) is 0 Å². The van der Waals surface area contributed by atoms with Crippen molar-refractivity contribution in [3.8, 4) is 11.1 Å². The highest BCUT2D eigenvalue weighted by atomic mass is 32.1. The fourth-order valence-electron chi connectivity index (χ4n) is 7.46. The highest BCUT2D eigenvalue weighted by Crippen LogP contribution is 2.50. The van der Waals surface area contributed by atoms with Crippen LogP contribution in [0.3, 0.4) is 0 Å². The lowest BCUT2D eigenvalue weighted by Crippen LogP contribution is -2.22. The maximum absolute atomic E-state index is 3.85. The van der Waals surface area contributed by atoms with Crippen LogP contribution in [0.2, 0.25) is 0 Å². The molecule has 1 aromatic heterocycles. The molecular formula is C44H47NS. The van der Waals surface area contributed by atoms with Crippen LogP contribution < -0.4 is 4.90 Å². The molecule has 0 amide bonds. The van der Waals surface area contributed by atoms with Crippen LogP contribution in [0, 0.1) is 0 Å². The lowest BCUT2D eigenvalue weighted by molar-refractivity contribution is 0.655. The van der Waals surface area contributed by atoms with Gasteiger partial charge in [-0.1, -0.05) is 127 Å². The predicted octanol–water partition coefficient (Wildman–Crippen LogP) is 12.6. The Morgan fingerprint density at radius 2 is 1.70 bits per heavy atom. The fourth-order valence-corrected chi connectivity index (χ4v) is 8.76. The van der Waals surface area contributed by atoms with Crippen LogP contribution in [-0.2, 0) is 17.3 Å². The van der Waals surface area contributed by atoms with Gasteiger partial charge in [0.1, 0.15) is 0 Å².